The van der Waals surface area contributed by atoms with Gasteiger partial charge in [0.15, 0.2) is 0 Å². The van der Waals surface area contributed by atoms with E-state index < -0.39 is 0 Å². The highest BCUT2D eigenvalue weighted by Crippen LogP contribution is 2.22. The third-order valence-electron chi connectivity index (χ3n) is 4.12. The molecule has 0 saturated carbocycles. The second kappa shape index (κ2) is 7.32. The van der Waals surface area contributed by atoms with Crippen LogP contribution in [0.4, 0.5) is 10.5 Å². The number of hydrogen-bond donors (Lipinski definition) is 0. The number of nitrogens with zero attached hydrogens (tertiary/aromatic N) is 2. The Hall–Kier alpha value is -1.51. The molecule has 1 aromatic rings. The number of carbonyl (C=O) groups excluding carboxylic acids is 1. The molecule has 1 aliphatic heterocycles. The molecule has 0 spiro atoms. The summed E-state index contributed by atoms with van der Waals surface area (Å²) in [4.78, 5) is 16.4. The maximum atomic E-state index is 12.5. The molecule has 2 amide bonds. The van der Waals surface area contributed by atoms with Gasteiger partial charge in [-0.25, -0.2) is 4.79 Å². The highest BCUT2D eigenvalue weighted by Gasteiger charge is 2.32. The Labute approximate surface area is 122 Å². The van der Waals surface area contributed by atoms with Crippen molar-refractivity contribution in [2.45, 2.75) is 52.0 Å². The molecule has 20 heavy (non-hydrogen) atoms. The molecule has 0 aromatic heterocycles. The second-order valence-corrected chi connectivity index (χ2v) is 5.66. The Balaban J connectivity index is 1.87. The van der Waals surface area contributed by atoms with E-state index in [9.17, 15) is 4.79 Å². The van der Waals surface area contributed by atoms with Crippen molar-refractivity contribution in [1.82, 2.24) is 4.90 Å². The quantitative estimate of drug-likeness (QED) is 0.680. The van der Waals surface area contributed by atoms with Crippen LogP contribution >= 0.6 is 0 Å². The van der Waals surface area contributed by atoms with Gasteiger partial charge in [-0.15, -0.1) is 0 Å². The minimum atomic E-state index is 0.166. The number of unbranched alkanes of at least 4 members (excludes halogenated alkanes) is 3. The van der Waals surface area contributed by atoms with Gasteiger partial charge in [0.1, 0.15) is 0 Å². The Kier molecular flexibility index (Phi) is 5.45. The zero-order chi connectivity index (χ0) is 14.4. The van der Waals surface area contributed by atoms with Gasteiger partial charge in [-0.3, -0.25) is 4.90 Å². The van der Waals surface area contributed by atoms with Crippen LogP contribution in [-0.4, -0.2) is 30.1 Å². The van der Waals surface area contributed by atoms with Gasteiger partial charge in [0.25, 0.3) is 0 Å². The lowest BCUT2D eigenvalue weighted by Gasteiger charge is -2.25. The minimum Gasteiger partial charge on any atom is -0.320 e. The zero-order valence-corrected chi connectivity index (χ0v) is 12.7. The largest absolute Gasteiger partial charge is 0.324 e. The van der Waals surface area contributed by atoms with Gasteiger partial charge in [-0.05, 0) is 25.5 Å². The summed E-state index contributed by atoms with van der Waals surface area (Å²) in [7, 11) is 0. The second-order valence-electron chi connectivity index (χ2n) is 5.66. The van der Waals surface area contributed by atoms with Gasteiger partial charge in [0.05, 0.1) is 0 Å². The van der Waals surface area contributed by atoms with Crippen LogP contribution in [0.5, 0.6) is 0 Å². The van der Waals surface area contributed by atoms with E-state index in [2.05, 4.69) is 13.8 Å². The van der Waals surface area contributed by atoms with Crippen molar-refractivity contribution in [2.24, 2.45) is 0 Å². The number of para-hydroxylation sites is 1. The Morgan fingerprint density at radius 2 is 1.85 bits per heavy atom. The van der Waals surface area contributed by atoms with Crippen LogP contribution in [0.1, 0.15) is 46.0 Å². The molecule has 0 aliphatic carbocycles. The summed E-state index contributed by atoms with van der Waals surface area (Å²) < 4.78 is 0. The molecule has 0 N–H and O–H groups in total. The minimum absolute atomic E-state index is 0.166. The molecule has 0 bridgehead atoms. The maximum Gasteiger partial charge on any atom is 0.324 e. The molecule has 1 unspecified atom stereocenters. The van der Waals surface area contributed by atoms with Crippen molar-refractivity contribution in [2.75, 3.05) is 18.0 Å². The van der Waals surface area contributed by atoms with E-state index in [1.54, 1.807) is 0 Å². The summed E-state index contributed by atoms with van der Waals surface area (Å²) >= 11 is 0. The fourth-order valence-electron chi connectivity index (χ4n) is 2.83. The van der Waals surface area contributed by atoms with Crippen molar-refractivity contribution in [3.8, 4) is 0 Å². The first-order valence-corrected chi connectivity index (χ1v) is 7.87. The molecule has 0 radical (unpaired) electrons. The van der Waals surface area contributed by atoms with Gasteiger partial charge in [-0.2, -0.15) is 0 Å². The van der Waals surface area contributed by atoms with Gasteiger partial charge in [-0.1, -0.05) is 50.8 Å². The summed E-state index contributed by atoms with van der Waals surface area (Å²) in [6.45, 7) is 6.06. The third kappa shape index (κ3) is 3.53. The summed E-state index contributed by atoms with van der Waals surface area (Å²) in [5, 5.41) is 0. The molecule has 1 aliphatic rings. The number of anilines is 1. The molecule has 2 rings (SSSR count). The SMILES string of the molecule is CCCCCCC(C)N1CCN(c2ccccc2)C1=O. The van der Waals surface area contributed by atoms with E-state index in [-0.39, 0.29) is 6.03 Å². The molecule has 1 fully saturated rings. The molecular formula is C17H26N2O. The van der Waals surface area contributed by atoms with Crippen molar-refractivity contribution in [1.29, 1.82) is 0 Å². The van der Waals surface area contributed by atoms with E-state index >= 15 is 0 Å². The van der Waals surface area contributed by atoms with E-state index in [1.165, 1.54) is 25.7 Å². The lowest BCUT2D eigenvalue weighted by Crippen LogP contribution is -2.37. The van der Waals surface area contributed by atoms with E-state index in [0.717, 1.165) is 25.2 Å². The first-order chi connectivity index (χ1) is 9.74. The molecule has 1 saturated heterocycles. The molecule has 1 aromatic carbocycles. The number of urea groups is 1. The molecule has 3 heteroatoms. The number of amides is 2. The van der Waals surface area contributed by atoms with Crippen LogP contribution in [0.3, 0.4) is 0 Å². The van der Waals surface area contributed by atoms with E-state index in [0.29, 0.717) is 6.04 Å². The van der Waals surface area contributed by atoms with Crippen LogP contribution in [-0.2, 0) is 0 Å². The number of rotatable bonds is 7. The average Bonchev–Trinajstić information content (AvgIpc) is 2.86. The Morgan fingerprint density at radius 1 is 1.10 bits per heavy atom. The normalized spacial score (nSPS) is 16.8. The van der Waals surface area contributed by atoms with Gasteiger partial charge in [0, 0.05) is 24.8 Å². The predicted octanol–water partition coefficient (Wildman–Crippen LogP) is 4.29. The smallest absolute Gasteiger partial charge is 0.320 e. The van der Waals surface area contributed by atoms with Crippen molar-refractivity contribution in [3.05, 3.63) is 30.3 Å². The first kappa shape index (κ1) is 14.9. The van der Waals surface area contributed by atoms with Crippen LogP contribution in [0.25, 0.3) is 0 Å². The topological polar surface area (TPSA) is 23.6 Å². The van der Waals surface area contributed by atoms with Crippen molar-refractivity contribution < 1.29 is 4.79 Å². The summed E-state index contributed by atoms with van der Waals surface area (Å²) in [6.07, 6.45) is 6.19. The summed E-state index contributed by atoms with van der Waals surface area (Å²) in [5.41, 5.74) is 1.01. The monoisotopic (exact) mass is 274 g/mol. The summed E-state index contributed by atoms with van der Waals surface area (Å²) in [6, 6.07) is 10.5. The predicted molar refractivity (Wildman–Crippen MR) is 84.1 cm³/mol. The van der Waals surface area contributed by atoms with Crippen LogP contribution in [0, 0.1) is 0 Å². The molecule has 1 atom stereocenters. The van der Waals surface area contributed by atoms with Crippen LogP contribution in [0.2, 0.25) is 0 Å². The zero-order valence-electron chi connectivity index (χ0n) is 12.7. The molecule has 3 nitrogen and oxygen atoms in total. The number of hydrogen-bond acceptors (Lipinski definition) is 1. The van der Waals surface area contributed by atoms with Crippen LogP contribution < -0.4 is 4.90 Å². The lowest BCUT2D eigenvalue weighted by atomic mass is 10.1. The lowest BCUT2D eigenvalue weighted by molar-refractivity contribution is 0.200. The Morgan fingerprint density at radius 3 is 2.55 bits per heavy atom. The highest BCUT2D eigenvalue weighted by atomic mass is 16.2. The molecular weight excluding hydrogens is 248 g/mol. The van der Waals surface area contributed by atoms with E-state index in [4.69, 9.17) is 0 Å². The molecule has 110 valence electrons. The van der Waals surface area contributed by atoms with Gasteiger partial charge in [0.2, 0.25) is 0 Å². The fourth-order valence-corrected chi connectivity index (χ4v) is 2.83. The van der Waals surface area contributed by atoms with Gasteiger partial charge < -0.3 is 4.90 Å². The number of carbonyl (C=O) groups is 1. The standard InChI is InChI=1S/C17H26N2O/c1-3-4-5-7-10-15(2)18-13-14-19(17(18)20)16-11-8-6-9-12-16/h6,8-9,11-12,15H,3-5,7,10,13-14H2,1-2H3. The maximum absolute atomic E-state index is 12.5. The summed E-state index contributed by atoms with van der Waals surface area (Å²) in [5.74, 6) is 0. The highest BCUT2D eigenvalue weighted by molar-refractivity contribution is 5.94. The van der Waals surface area contributed by atoms with Crippen molar-refractivity contribution >= 4 is 11.7 Å². The van der Waals surface area contributed by atoms with Crippen molar-refractivity contribution in [3.63, 3.8) is 0 Å². The average molecular weight is 274 g/mol. The Bertz CT molecular complexity index is 418. The third-order valence-corrected chi connectivity index (χ3v) is 4.12. The number of benzene rings is 1. The van der Waals surface area contributed by atoms with Crippen LogP contribution in [0.15, 0.2) is 30.3 Å². The van der Waals surface area contributed by atoms with Gasteiger partial charge >= 0.3 is 6.03 Å². The molecule has 1 heterocycles. The van der Waals surface area contributed by atoms with E-state index in [1.807, 2.05) is 40.1 Å². The first-order valence-electron chi connectivity index (χ1n) is 7.87. The fraction of sp³-hybridized carbons (Fsp3) is 0.588.